The molecule has 4 nitrogen and oxygen atoms in total. The second-order valence-corrected chi connectivity index (χ2v) is 4.52. The number of hydrogen-bond acceptors (Lipinski definition) is 3. The highest BCUT2D eigenvalue weighted by atomic mass is 16.2. The Morgan fingerprint density at radius 3 is 3.06 bits per heavy atom. The highest BCUT2D eigenvalue weighted by Crippen LogP contribution is 2.21. The van der Waals surface area contributed by atoms with Gasteiger partial charge >= 0.3 is 0 Å². The zero-order chi connectivity index (χ0) is 12.4. The fourth-order valence-corrected chi connectivity index (χ4v) is 2.33. The molecule has 2 N–H and O–H groups in total. The van der Waals surface area contributed by atoms with E-state index in [0.717, 1.165) is 36.0 Å². The first-order chi connectivity index (χ1) is 8.84. The molecular formula is C14H15N3O. The highest BCUT2D eigenvalue weighted by molar-refractivity contribution is 6.02. The van der Waals surface area contributed by atoms with Crippen molar-refractivity contribution in [1.29, 1.82) is 0 Å². The summed E-state index contributed by atoms with van der Waals surface area (Å²) in [5, 5.41) is 7.19. The number of hydrogen-bond donors (Lipinski definition) is 2. The lowest BCUT2D eigenvalue weighted by Crippen LogP contribution is -2.35. The third-order valence-electron chi connectivity index (χ3n) is 3.27. The lowest BCUT2D eigenvalue weighted by atomic mass is 10.1. The van der Waals surface area contributed by atoms with Gasteiger partial charge in [0.2, 0.25) is 5.91 Å². The molecule has 1 unspecified atom stereocenters. The van der Waals surface area contributed by atoms with Crippen LogP contribution < -0.4 is 10.6 Å². The van der Waals surface area contributed by atoms with Crippen molar-refractivity contribution in [3.05, 3.63) is 36.5 Å². The van der Waals surface area contributed by atoms with Gasteiger partial charge in [-0.1, -0.05) is 18.2 Å². The van der Waals surface area contributed by atoms with E-state index in [1.807, 2.05) is 30.3 Å². The maximum Gasteiger partial charge on any atom is 0.241 e. The lowest BCUT2D eigenvalue weighted by Gasteiger charge is -2.12. The Morgan fingerprint density at radius 1 is 1.33 bits per heavy atom. The molecule has 1 atom stereocenters. The zero-order valence-electron chi connectivity index (χ0n) is 10.0. The summed E-state index contributed by atoms with van der Waals surface area (Å²) in [7, 11) is 0. The van der Waals surface area contributed by atoms with Crippen molar-refractivity contribution in [2.45, 2.75) is 18.9 Å². The molecule has 0 aliphatic carbocycles. The standard InChI is InChI=1S/C14H15N3O/c18-14(12-7-3-8-15-12)17-11-6-1-4-10-5-2-9-16-13(10)11/h1-2,4-6,9,12,15H,3,7-8H2,(H,17,18). The van der Waals surface area contributed by atoms with E-state index in [1.54, 1.807) is 6.20 Å². The Morgan fingerprint density at radius 2 is 2.22 bits per heavy atom. The molecule has 1 aromatic carbocycles. The number of nitrogens with one attached hydrogen (secondary N) is 2. The quantitative estimate of drug-likeness (QED) is 0.844. The molecule has 0 saturated carbocycles. The number of fused-ring (bicyclic) bond motifs is 1. The van der Waals surface area contributed by atoms with E-state index in [-0.39, 0.29) is 11.9 Å². The summed E-state index contributed by atoms with van der Waals surface area (Å²) in [5.41, 5.74) is 1.62. The molecular weight excluding hydrogens is 226 g/mol. The number of carbonyl (C=O) groups is 1. The topological polar surface area (TPSA) is 54.0 Å². The van der Waals surface area contributed by atoms with Gasteiger partial charge in [0, 0.05) is 11.6 Å². The number of aromatic nitrogens is 1. The molecule has 18 heavy (non-hydrogen) atoms. The van der Waals surface area contributed by atoms with E-state index in [4.69, 9.17) is 0 Å². The molecule has 4 heteroatoms. The van der Waals surface area contributed by atoms with Gasteiger partial charge in [0.05, 0.1) is 17.2 Å². The monoisotopic (exact) mass is 241 g/mol. The van der Waals surface area contributed by atoms with Crippen LogP contribution in [0.1, 0.15) is 12.8 Å². The fourth-order valence-electron chi connectivity index (χ4n) is 2.33. The van der Waals surface area contributed by atoms with Crippen molar-refractivity contribution in [1.82, 2.24) is 10.3 Å². The molecule has 92 valence electrons. The first kappa shape index (κ1) is 11.2. The molecule has 1 aliphatic heterocycles. The number of rotatable bonds is 2. The third-order valence-corrected chi connectivity index (χ3v) is 3.27. The Balaban J connectivity index is 1.88. The maximum atomic E-state index is 12.1. The number of anilines is 1. The summed E-state index contributed by atoms with van der Waals surface area (Å²) in [6.45, 7) is 0.922. The van der Waals surface area contributed by atoms with Gasteiger partial charge < -0.3 is 10.6 Å². The van der Waals surface area contributed by atoms with E-state index in [0.29, 0.717) is 0 Å². The molecule has 1 aliphatic rings. The van der Waals surface area contributed by atoms with Gasteiger partial charge in [-0.05, 0) is 31.5 Å². The van der Waals surface area contributed by atoms with Crippen LogP contribution in [0.2, 0.25) is 0 Å². The van der Waals surface area contributed by atoms with Crippen LogP contribution >= 0.6 is 0 Å². The molecule has 0 radical (unpaired) electrons. The van der Waals surface area contributed by atoms with Gasteiger partial charge in [0.25, 0.3) is 0 Å². The van der Waals surface area contributed by atoms with Crippen LogP contribution in [0, 0.1) is 0 Å². The van der Waals surface area contributed by atoms with E-state index in [1.165, 1.54) is 0 Å². The van der Waals surface area contributed by atoms with Crippen molar-refractivity contribution in [2.75, 3.05) is 11.9 Å². The van der Waals surface area contributed by atoms with Crippen LogP contribution in [0.25, 0.3) is 10.9 Å². The SMILES string of the molecule is O=C(Nc1cccc2cccnc12)C1CCCN1. The summed E-state index contributed by atoms with van der Waals surface area (Å²) >= 11 is 0. The molecule has 1 aromatic heterocycles. The van der Waals surface area contributed by atoms with Crippen LogP contribution in [0.15, 0.2) is 36.5 Å². The lowest BCUT2D eigenvalue weighted by molar-refractivity contribution is -0.117. The van der Waals surface area contributed by atoms with E-state index in [2.05, 4.69) is 15.6 Å². The summed E-state index contributed by atoms with van der Waals surface area (Å²) in [5.74, 6) is 0.0330. The Hall–Kier alpha value is -1.94. The van der Waals surface area contributed by atoms with Crippen LogP contribution in [0.4, 0.5) is 5.69 Å². The molecule has 0 spiro atoms. The summed E-state index contributed by atoms with van der Waals surface area (Å²) in [6.07, 6.45) is 3.71. The van der Waals surface area contributed by atoms with E-state index in [9.17, 15) is 4.79 Å². The number of amides is 1. The van der Waals surface area contributed by atoms with Gasteiger partial charge in [-0.25, -0.2) is 0 Å². The first-order valence-corrected chi connectivity index (χ1v) is 6.22. The van der Waals surface area contributed by atoms with Crippen molar-refractivity contribution >= 4 is 22.5 Å². The fraction of sp³-hybridized carbons (Fsp3) is 0.286. The van der Waals surface area contributed by atoms with Crippen LogP contribution in [0.5, 0.6) is 0 Å². The van der Waals surface area contributed by atoms with Crippen molar-refractivity contribution < 1.29 is 4.79 Å². The minimum atomic E-state index is -0.0658. The first-order valence-electron chi connectivity index (χ1n) is 6.22. The largest absolute Gasteiger partial charge is 0.323 e. The number of pyridine rings is 1. The Bertz CT molecular complexity index is 571. The van der Waals surface area contributed by atoms with Gasteiger partial charge in [0.15, 0.2) is 0 Å². The summed E-state index contributed by atoms with van der Waals surface area (Å²) in [6, 6.07) is 9.64. The normalized spacial score (nSPS) is 19.0. The van der Waals surface area contributed by atoms with Crippen molar-refractivity contribution in [2.24, 2.45) is 0 Å². The number of para-hydroxylation sites is 1. The average molecular weight is 241 g/mol. The van der Waals surface area contributed by atoms with Gasteiger partial charge in [-0.3, -0.25) is 9.78 Å². The zero-order valence-corrected chi connectivity index (χ0v) is 10.0. The molecule has 1 amide bonds. The maximum absolute atomic E-state index is 12.1. The van der Waals surface area contributed by atoms with E-state index >= 15 is 0 Å². The van der Waals surface area contributed by atoms with Crippen LogP contribution in [-0.2, 0) is 4.79 Å². The second-order valence-electron chi connectivity index (χ2n) is 4.52. The highest BCUT2D eigenvalue weighted by Gasteiger charge is 2.22. The van der Waals surface area contributed by atoms with Gasteiger partial charge in [0.1, 0.15) is 0 Å². The molecule has 2 heterocycles. The molecule has 0 bridgehead atoms. The smallest absolute Gasteiger partial charge is 0.241 e. The van der Waals surface area contributed by atoms with Crippen molar-refractivity contribution in [3.63, 3.8) is 0 Å². The van der Waals surface area contributed by atoms with Crippen LogP contribution in [-0.4, -0.2) is 23.5 Å². The summed E-state index contributed by atoms with van der Waals surface area (Å²) in [4.78, 5) is 16.4. The molecule has 1 saturated heterocycles. The predicted molar refractivity (Wildman–Crippen MR) is 71.4 cm³/mol. The minimum absolute atomic E-state index is 0.0330. The van der Waals surface area contributed by atoms with Gasteiger partial charge in [-0.15, -0.1) is 0 Å². The minimum Gasteiger partial charge on any atom is -0.323 e. The molecule has 1 fully saturated rings. The van der Waals surface area contributed by atoms with Gasteiger partial charge in [-0.2, -0.15) is 0 Å². The number of benzene rings is 1. The third kappa shape index (κ3) is 2.07. The van der Waals surface area contributed by atoms with Crippen LogP contribution in [0.3, 0.4) is 0 Å². The Labute approximate surface area is 105 Å². The van der Waals surface area contributed by atoms with Crippen molar-refractivity contribution in [3.8, 4) is 0 Å². The summed E-state index contributed by atoms with van der Waals surface area (Å²) < 4.78 is 0. The number of carbonyl (C=O) groups excluding carboxylic acids is 1. The molecule has 2 aromatic rings. The average Bonchev–Trinajstić information content (AvgIpc) is 2.93. The van der Waals surface area contributed by atoms with E-state index < -0.39 is 0 Å². The predicted octanol–water partition coefficient (Wildman–Crippen LogP) is 1.93. The second kappa shape index (κ2) is 4.74. The molecule has 3 rings (SSSR count). The Kier molecular flexibility index (Phi) is 2.94. The number of nitrogens with zero attached hydrogens (tertiary/aromatic N) is 1.